The molecule has 4 heteroatoms. The van der Waals surface area contributed by atoms with Gasteiger partial charge >= 0.3 is 0 Å². The average Bonchev–Trinajstić information content (AvgIpc) is 2.35. The fourth-order valence-corrected chi connectivity index (χ4v) is 1.71. The van der Waals surface area contributed by atoms with Gasteiger partial charge in [-0.2, -0.15) is 0 Å². The van der Waals surface area contributed by atoms with Crippen LogP contribution in [0.4, 0.5) is 0 Å². The molecule has 90 valence electrons. The Balaban J connectivity index is 2.68. The molecule has 1 rings (SSSR count). The number of ketones is 1. The zero-order valence-corrected chi connectivity index (χ0v) is 10.5. The number of hydrogen-bond acceptors (Lipinski definition) is 4. The third kappa shape index (κ3) is 4.07. The maximum atomic E-state index is 11.8. The summed E-state index contributed by atoms with van der Waals surface area (Å²) in [7, 11) is 0. The molecule has 0 spiro atoms. The SMILES string of the molecule is C=C(O)CCC(=N)C(=O)c1ccc(SC)cc1. The summed E-state index contributed by atoms with van der Waals surface area (Å²) in [5.41, 5.74) is 0.508. The van der Waals surface area contributed by atoms with Gasteiger partial charge in [0.05, 0.1) is 11.5 Å². The fourth-order valence-electron chi connectivity index (χ4n) is 1.30. The molecule has 0 heterocycles. The molecule has 0 aliphatic heterocycles. The molecular weight excluding hydrogens is 234 g/mol. The second kappa shape index (κ2) is 6.25. The second-order valence-corrected chi connectivity index (χ2v) is 4.48. The first-order chi connectivity index (χ1) is 8.04. The predicted octanol–water partition coefficient (Wildman–Crippen LogP) is 3.46. The van der Waals surface area contributed by atoms with Crippen molar-refractivity contribution in [1.29, 1.82) is 5.41 Å². The van der Waals surface area contributed by atoms with Crippen molar-refractivity contribution in [2.75, 3.05) is 6.26 Å². The van der Waals surface area contributed by atoms with E-state index in [1.807, 2.05) is 18.4 Å². The predicted molar refractivity (Wildman–Crippen MR) is 71.3 cm³/mol. The third-order valence-electron chi connectivity index (χ3n) is 2.29. The Hall–Kier alpha value is -1.55. The normalized spacial score (nSPS) is 9.94. The van der Waals surface area contributed by atoms with Crippen LogP contribution in [0.2, 0.25) is 0 Å². The number of aliphatic hydroxyl groups is 1. The van der Waals surface area contributed by atoms with E-state index in [2.05, 4.69) is 6.58 Å². The van der Waals surface area contributed by atoms with Crippen LogP contribution in [-0.2, 0) is 0 Å². The Morgan fingerprint density at radius 3 is 2.41 bits per heavy atom. The molecule has 0 aromatic heterocycles. The minimum atomic E-state index is -0.293. The third-order valence-corrected chi connectivity index (χ3v) is 3.03. The number of nitrogens with one attached hydrogen (secondary N) is 1. The monoisotopic (exact) mass is 249 g/mol. The van der Waals surface area contributed by atoms with Gasteiger partial charge in [-0.05, 0) is 36.9 Å². The van der Waals surface area contributed by atoms with Crippen LogP contribution in [0.25, 0.3) is 0 Å². The van der Waals surface area contributed by atoms with Crippen LogP contribution < -0.4 is 0 Å². The Morgan fingerprint density at radius 1 is 1.35 bits per heavy atom. The number of rotatable bonds is 6. The van der Waals surface area contributed by atoms with E-state index in [1.54, 1.807) is 23.9 Å². The first kappa shape index (κ1) is 13.5. The lowest BCUT2D eigenvalue weighted by molar-refractivity contribution is 0.106. The van der Waals surface area contributed by atoms with Crippen LogP contribution >= 0.6 is 11.8 Å². The minimum absolute atomic E-state index is 0.000260. The molecule has 3 nitrogen and oxygen atoms in total. The molecular formula is C13H15NO2S. The molecule has 0 saturated heterocycles. The Kier molecular flexibility index (Phi) is 4.97. The summed E-state index contributed by atoms with van der Waals surface area (Å²) in [6.45, 7) is 3.33. The summed E-state index contributed by atoms with van der Waals surface area (Å²) in [5, 5.41) is 16.5. The van der Waals surface area contributed by atoms with Gasteiger partial charge in [-0.3, -0.25) is 4.79 Å². The van der Waals surface area contributed by atoms with E-state index < -0.39 is 0 Å². The van der Waals surface area contributed by atoms with E-state index in [0.29, 0.717) is 5.56 Å². The van der Waals surface area contributed by atoms with Crippen LogP contribution in [0.15, 0.2) is 41.5 Å². The molecule has 0 radical (unpaired) electrons. The lowest BCUT2D eigenvalue weighted by Gasteiger charge is -2.03. The Morgan fingerprint density at radius 2 is 1.94 bits per heavy atom. The number of Topliss-reactive ketones (excluding diaryl/α,β-unsaturated/α-hetero) is 1. The number of aliphatic hydroxyl groups excluding tert-OH is 1. The highest BCUT2D eigenvalue weighted by Gasteiger charge is 2.12. The molecule has 2 N–H and O–H groups in total. The molecule has 0 fully saturated rings. The fraction of sp³-hybridized carbons (Fsp3) is 0.231. The lowest BCUT2D eigenvalue weighted by atomic mass is 10.0. The van der Waals surface area contributed by atoms with Crippen molar-refractivity contribution in [3.8, 4) is 0 Å². The summed E-state index contributed by atoms with van der Waals surface area (Å²) in [6.07, 6.45) is 2.44. The molecule has 0 aliphatic rings. The lowest BCUT2D eigenvalue weighted by Crippen LogP contribution is -2.13. The van der Waals surface area contributed by atoms with Crippen LogP contribution in [0.1, 0.15) is 23.2 Å². The summed E-state index contributed by atoms with van der Waals surface area (Å²) >= 11 is 1.60. The topological polar surface area (TPSA) is 61.1 Å². The van der Waals surface area contributed by atoms with Gasteiger partial charge in [0, 0.05) is 16.9 Å². The van der Waals surface area contributed by atoms with Gasteiger partial charge in [0.1, 0.15) is 0 Å². The second-order valence-electron chi connectivity index (χ2n) is 3.60. The van der Waals surface area contributed by atoms with Crippen molar-refractivity contribution in [3.63, 3.8) is 0 Å². The highest BCUT2D eigenvalue weighted by atomic mass is 32.2. The van der Waals surface area contributed by atoms with E-state index in [0.717, 1.165) is 4.90 Å². The average molecular weight is 249 g/mol. The number of thioether (sulfide) groups is 1. The molecule has 0 atom stereocenters. The Labute approximate surface area is 105 Å². The van der Waals surface area contributed by atoms with Gasteiger partial charge in [0.2, 0.25) is 5.78 Å². The number of hydrogen-bond donors (Lipinski definition) is 2. The first-order valence-electron chi connectivity index (χ1n) is 5.17. The number of carbonyl (C=O) groups excluding carboxylic acids is 1. The van der Waals surface area contributed by atoms with Gasteiger partial charge in [-0.1, -0.05) is 6.58 Å². The zero-order chi connectivity index (χ0) is 12.8. The first-order valence-corrected chi connectivity index (χ1v) is 6.40. The zero-order valence-electron chi connectivity index (χ0n) is 9.69. The number of carbonyl (C=O) groups is 1. The van der Waals surface area contributed by atoms with Crippen molar-refractivity contribution < 1.29 is 9.90 Å². The number of benzene rings is 1. The molecule has 1 aromatic carbocycles. The molecule has 0 aliphatic carbocycles. The largest absolute Gasteiger partial charge is 0.513 e. The Bertz CT molecular complexity index is 437. The molecule has 1 aromatic rings. The van der Waals surface area contributed by atoms with Crippen molar-refractivity contribution in [2.24, 2.45) is 0 Å². The van der Waals surface area contributed by atoms with Crippen LogP contribution in [0.3, 0.4) is 0 Å². The summed E-state index contributed by atoms with van der Waals surface area (Å²) in [4.78, 5) is 12.9. The number of allylic oxidation sites excluding steroid dienone is 1. The van der Waals surface area contributed by atoms with Gasteiger partial charge in [0.15, 0.2) is 0 Å². The van der Waals surface area contributed by atoms with Crippen molar-refractivity contribution >= 4 is 23.3 Å². The van der Waals surface area contributed by atoms with Gasteiger partial charge in [-0.25, -0.2) is 0 Å². The van der Waals surface area contributed by atoms with Crippen LogP contribution in [-0.4, -0.2) is 22.9 Å². The van der Waals surface area contributed by atoms with E-state index in [1.165, 1.54) is 0 Å². The van der Waals surface area contributed by atoms with Gasteiger partial charge in [0.25, 0.3) is 0 Å². The highest BCUT2D eigenvalue weighted by Crippen LogP contribution is 2.15. The standard InChI is InChI=1S/C13H15NO2S/c1-9(15)3-8-12(14)13(16)10-4-6-11(17-2)7-5-10/h4-7,14-15H,1,3,8H2,2H3. The smallest absolute Gasteiger partial charge is 0.206 e. The van der Waals surface area contributed by atoms with Crippen molar-refractivity contribution in [2.45, 2.75) is 17.7 Å². The molecule has 17 heavy (non-hydrogen) atoms. The highest BCUT2D eigenvalue weighted by molar-refractivity contribution is 7.98. The molecule has 0 saturated carbocycles. The van der Waals surface area contributed by atoms with E-state index in [4.69, 9.17) is 10.5 Å². The van der Waals surface area contributed by atoms with E-state index >= 15 is 0 Å². The van der Waals surface area contributed by atoms with Crippen LogP contribution in [0, 0.1) is 5.41 Å². The molecule has 0 amide bonds. The summed E-state index contributed by atoms with van der Waals surface area (Å²) in [5.74, 6) is -0.292. The molecule has 0 unspecified atom stereocenters. The summed E-state index contributed by atoms with van der Waals surface area (Å²) in [6, 6.07) is 7.15. The van der Waals surface area contributed by atoms with Crippen LogP contribution in [0.5, 0.6) is 0 Å². The van der Waals surface area contributed by atoms with Crippen molar-refractivity contribution in [3.05, 3.63) is 42.2 Å². The summed E-state index contributed by atoms with van der Waals surface area (Å²) < 4.78 is 0. The van der Waals surface area contributed by atoms with Gasteiger partial charge in [-0.15, -0.1) is 11.8 Å². The van der Waals surface area contributed by atoms with Crippen molar-refractivity contribution in [1.82, 2.24) is 0 Å². The maximum Gasteiger partial charge on any atom is 0.206 e. The van der Waals surface area contributed by atoms with Gasteiger partial charge < -0.3 is 10.5 Å². The maximum absolute atomic E-state index is 11.8. The van der Waals surface area contributed by atoms with E-state index in [-0.39, 0.29) is 30.1 Å². The minimum Gasteiger partial charge on any atom is -0.513 e. The van der Waals surface area contributed by atoms with E-state index in [9.17, 15) is 4.79 Å². The molecule has 0 bridgehead atoms. The quantitative estimate of drug-likeness (QED) is 0.351.